The number of nitrogens with zero attached hydrogens (tertiary/aromatic N) is 2. The van der Waals surface area contributed by atoms with E-state index in [1.165, 1.54) is 33.4 Å². The third kappa shape index (κ3) is 5.16. The standard InChI is InChI=1S/C55H34N2O2/c1-3-15-39(16-4-1)55(40-17-5-2-6-18-40)45-22-10-8-20-43(45)53-44(21-13-23-46(53)55)48-34-47(35-26-28-36(29-27-35)51-32-37-14-7-11-24-49(37)58-51)56-54(57-48)38-30-31-42-41-19-9-12-25-50(41)59-52(42)33-38/h1-34H. The van der Waals surface area contributed by atoms with E-state index in [0.717, 1.165) is 72.3 Å². The van der Waals surface area contributed by atoms with Crippen LogP contribution in [0, 0.1) is 0 Å². The first kappa shape index (κ1) is 33.3. The smallest absolute Gasteiger partial charge is 0.160 e. The molecule has 12 rings (SSSR count). The second kappa shape index (κ2) is 13.1. The minimum Gasteiger partial charge on any atom is -0.456 e. The van der Waals surface area contributed by atoms with Crippen molar-refractivity contribution < 1.29 is 8.83 Å². The van der Waals surface area contributed by atoms with Crippen molar-refractivity contribution in [2.24, 2.45) is 0 Å². The van der Waals surface area contributed by atoms with Crippen LogP contribution in [-0.4, -0.2) is 9.97 Å². The first-order valence-corrected chi connectivity index (χ1v) is 20.0. The molecule has 59 heavy (non-hydrogen) atoms. The lowest BCUT2D eigenvalue weighted by atomic mass is 9.67. The van der Waals surface area contributed by atoms with E-state index in [-0.39, 0.29) is 0 Å². The van der Waals surface area contributed by atoms with Crippen LogP contribution in [0.5, 0.6) is 0 Å². The van der Waals surface area contributed by atoms with Crippen LogP contribution >= 0.6 is 0 Å². The summed E-state index contributed by atoms with van der Waals surface area (Å²) in [6, 6.07) is 72.7. The number of fused-ring (bicyclic) bond motifs is 7. The third-order valence-corrected chi connectivity index (χ3v) is 12.0. The van der Waals surface area contributed by atoms with Crippen molar-refractivity contribution in [1.29, 1.82) is 0 Å². The molecule has 3 heterocycles. The van der Waals surface area contributed by atoms with Crippen LogP contribution in [0.1, 0.15) is 22.3 Å². The summed E-state index contributed by atoms with van der Waals surface area (Å²) in [5.41, 5.74) is 14.9. The second-order valence-corrected chi connectivity index (χ2v) is 15.3. The van der Waals surface area contributed by atoms with Gasteiger partial charge in [-0.15, -0.1) is 0 Å². The first-order valence-electron chi connectivity index (χ1n) is 20.0. The molecule has 1 aliphatic carbocycles. The maximum Gasteiger partial charge on any atom is 0.160 e. The summed E-state index contributed by atoms with van der Waals surface area (Å²) in [7, 11) is 0. The monoisotopic (exact) mass is 754 g/mol. The highest BCUT2D eigenvalue weighted by Gasteiger charge is 2.46. The topological polar surface area (TPSA) is 52.1 Å². The van der Waals surface area contributed by atoms with Crippen molar-refractivity contribution in [2.45, 2.75) is 5.41 Å². The lowest BCUT2D eigenvalue weighted by molar-refractivity contribution is 0.631. The number of aromatic nitrogens is 2. The van der Waals surface area contributed by atoms with Gasteiger partial charge in [0.1, 0.15) is 22.5 Å². The molecular formula is C55H34N2O2. The van der Waals surface area contributed by atoms with Gasteiger partial charge in [0.25, 0.3) is 0 Å². The molecule has 0 aliphatic heterocycles. The molecule has 0 saturated heterocycles. The zero-order valence-electron chi connectivity index (χ0n) is 31.8. The molecule has 0 fully saturated rings. The van der Waals surface area contributed by atoms with Crippen LogP contribution in [0.4, 0.5) is 0 Å². The molecule has 0 saturated carbocycles. The summed E-state index contributed by atoms with van der Waals surface area (Å²) in [5, 5.41) is 3.24. The minimum absolute atomic E-state index is 0.526. The number of hydrogen-bond donors (Lipinski definition) is 0. The number of furan rings is 2. The van der Waals surface area contributed by atoms with Gasteiger partial charge in [-0.2, -0.15) is 0 Å². The average molecular weight is 755 g/mol. The van der Waals surface area contributed by atoms with Gasteiger partial charge in [-0.05, 0) is 69.8 Å². The fraction of sp³-hybridized carbons (Fsp3) is 0.0182. The van der Waals surface area contributed by atoms with E-state index in [2.05, 4.69) is 170 Å². The Bertz CT molecular complexity index is 3310. The van der Waals surface area contributed by atoms with Gasteiger partial charge in [-0.25, -0.2) is 9.97 Å². The van der Waals surface area contributed by atoms with Crippen LogP contribution in [0.25, 0.3) is 89.3 Å². The Balaban J connectivity index is 1.08. The lowest BCUT2D eigenvalue weighted by Crippen LogP contribution is -2.28. The van der Waals surface area contributed by atoms with Gasteiger partial charge in [0.2, 0.25) is 0 Å². The molecular weight excluding hydrogens is 721 g/mol. The van der Waals surface area contributed by atoms with Crippen molar-refractivity contribution in [1.82, 2.24) is 9.97 Å². The van der Waals surface area contributed by atoms with Gasteiger partial charge in [-0.3, -0.25) is 0 Å². The largest absolute Gasteiger partial charge is 0.456 e. The molecule has 276 valence electrons. The quantitative estimate of drug-likeness (QED) is 0.170. The average Bonchev–Trinajstić information content (AvgIpc) is 4.00. The van der Waals surface area contributed by atoms with Crippen molar-refractivity contribution in [2.75, 3.05) is 0 Å². The zero-order chi connectivity index (χ0) is 38.9. The van der Waals surface area contributed by atoms with Crippen LogP contribution in [0.2, 0.25) is 0 Å². The Morgan fingerprint density at radius 3 is 1.78 bits per heavy atom. The molecule has 0 unspecified atom stereocenters. The highest BCUT2D eigenvalue weighted by molar-refractivity contribution is 6.06. The van der Waals surface area contributed by atoms with Gasteiger partial charge in [0.15, 0.2) is 5.82 Å². The molecule has 3 aromatic heterocycles. The van der Waals surface area contributed by atoms with E-state index in [1.54, 1.807) is 0 Å². The van der Waals surface area contributed by atoms with Crippen LogP contribution in [-0.2, 0) is 5.41 Å². The van der Waals surface area contributed by atoms with E-state index >= 15 is 0 Å². The summed E-state index contributed by atoms with van der Waals surface area (Å²) < 4.78 is 12.6. The van der Waals surface area contributed by atoms with Crippen LogP contribution in [0.3, 0.4) is 0 Å². The van der Waals surface area contributed by atoms with Crippen molar-refractivity contribution >= 4 is 32.9 Å². The fourth-order valence-electron chi connectivity index (χ4n) is 9.36. The Kier molecular flexibility index (Phi) is 7.41. The van der Waals surface area contributed by atoms with Gasteiger partial charge < -0.3 is 8.83 Å². The number of rotatable bonds is 6. The van der Waals surface area contributed by atoms with Gasteiger partial charge in [-0.1, -0.05) is 170 Å². The molecule has 1 aliphatic rings. The summed E-state index contributed by atoms with van der Waals surface area (Å²) in [6.07, 6.45) is 0. The van der Waals surface area contributed by atoms with Crippen molar-refractivity contribution in [3.63, 3.8) is 0 Å². The molecule has 11 aromatic rings. The predicted octanol–water partition coefficient (Wildman–Crippen LogP) is 14.2. The van der Waals surface area contributed by atoms with E-state index in [0.29, 0.717) is 5.82 Å². The summed E-state index contributed by atoms with van der Waals surface area (Å²) in [4.78, 5) is 10.7. The second-order valence-electron chi connectivity index (χ2n) is 15.3. The highest BCUT2D eigenvalue weighted by atomic mass is 16.3. The van der Waals surface area contributed by atoms with Gasteiger partial charge in [0.05, 0.1) is 16.8 Å². The Morgan fingerprint density at radius 2 is 0.983 bits per heavy atom. The molecule has 4 heteroatoms. The Morgan fingerprint density at radius 1 is 0.373 bits per heavy atom. The first-order chi connectivity index (χ1) is 29.2. The van der Waals surface area contributed by atoms with E-state index in [1.807, 2.05) is 36.4 Å². The minimum atomic E-state index is -0.526. The molecule has 0 atom stereocenters. The van der Waals surface area contributed by atoms with Gasteiger partial charge >= 0.3 is 0 Å². The van der Waals surface area contributed by atoms with Crippen molar-refractivity contribution in [3.05, 3.63) is 229 Å². The predicted molar refractivity (Wildman–Crippen MR) is 238 cm³/mol. The molecule has 0 spiro atoms. The maximum absolute atomic E-state index is 6.36. The normalized spacial score (nSPS) is 12.9. The van der Waals surface area contributed by atoms with Crippen LogP contribution < -0.4 is 0 Å². The summed E-state index contributed by atoms with van der Waals surface area (Å²) in [6.45, 7) is 0. The molecule has 8 aromatic carbocycles. The fourth-order valence-corrected chi connectivity index (χ4v) is 9.36. The SMILES string of the molecule is c1ccc(C2(c3ccccc3)c3ccccc3-c3c(-c4cc(-c5ccc(-c6cc7ccccc7o6)cc5)nc(-c5ccc6c(c5)oc5ccccc56)n4)cccc32)cc1. The van der Waals surface area contributed by atoms with E-state index < -0.39 is 5.41 Å². The highest BCUT2D eigenvalue weighted by Crippen LogP contribution is 2.58. The lowest BCUT2D eigenvalue weighted by Gasteiger charge is -2.33. The number of hydrogen-bond acceptors (Lipinski definition) is 4. The Hall–Kier alpha value is -7.82. The molecule has 0 radical (unpaired) electrons. The maximum atomic E-state index is 6.36. The zero-order valence-corrected chi connectivity index (χ0v) is 31.8. The van der Waals surface area contributed by atoms with E-state index in [9.17, 15) is 0 Å². The summed E-state index contributed by atoms with van der Waals surface area (Å²) in [5.74, 6) is 1.46. The summed E-state index contributed by atoms with van der Waals surface area (Å²) >= 11 is 0. The molecule has 0 N–H and O–H groups in total. The Labute approximate surface area is 340 Å². The number of benzene rings is 8. The molecule has 0 amide bonds. The van der Waals surface area contributed by atoms with E-state index in [4.69, 9.17) is 18.8 Å². The van der Waals surface area contributed by atoms with Gasteiger partial charge in [0, 0.05) is 38.4 Å². The van der Waals surface area contributed by atoms with Crippen LogP contribution in [0.15, 0.2) is 215 Å². The molecule has 0 bridgehead atoms. The molecule has 4 nitrogen and oxygen atoms in total. The number of para-hydroxylation sites is 2. The third-order valence-electron chi connectivity index (χ3n) is 12.0. The van der Waals surface area contributed by atoms with Crippen molar-refractivity contribution in [3.8, 4) is 56.4 Å².